The van der Waals surface area contributed by atoms with Crippen molar-refractivity contribution >= 4 is 10.0 Å². The summed E-state index contributed by atoms with van der Waals surface area (Å²) in [6.45, 7) is 6.55. The van der Waals surface area contributed by atoms with E-state index in [4.69, 9.17) is 4.74 Å². The van der Waals surface area contributed by atoms with E-state index in [0.29, 0.717) is 10.8 Å². The van der Waals surface area contributed by atoms with Crippen molar-refractivity contribution in [1.82, 2.24) is 9.21 Å². The number of nitrogens with zero attached hydrogens (tertiary/aromatic N) is 2. The second-order valence-corrected chi connectivity index (χ2v) is 8.14. The molecule has 1 heterocycles. The van der Waals surface area contributed by atoms with Crippen LogP contribution in [-0.2, 0) is 21.3 Å². The first-order valence-corrected chi connectivity index (χ1v) is 9.19. The maximum atomic E-state index is 12.2. The highest BCUT2D eigenvalue weighted by molar-refractivity contribution is 7.89. The van der Waals surface area contributed by atoms with Gasteiger partial charge in [-0.15, -0.1) is 0 Å². The maximum absolute atomic E-state index is 12.2. The molecule has 1 atom stereocenters. The van der Waals surface area contributed by atoms with E-state index < -0.39 is 10.0 Å². The van der Waals surface area contributed by atoms with Crippen LogP contribution in [0.25, 0.3) is 0 Å². The summed E-state index contributed by atoms with van der Waals surface area (Å²) < 4.78 is 31.1. The molecule has 124 valence electrons. The third-order valence-corrected chi connectivity index (χ3v) is 5.88. The van der Waals surface area contributed by atoms with Gasteiger partial charge in [-0.25, -0.2) is 12.7 Å². The third-order valence-electron chi connectivity index (χ3n) is 4.07. The molecule has 1 fully saturated rings. The summed E-state index contributed by atoms with van der Waals surface area (Å²) in [5.74, 6) is 0.591. The lowest BCUT2D eigenvalue weighted by Gasteiger charge is -2.23. The van der Waals surface area contributed by atoms with Gasteiger partial charge in [0.25, 0.3) is 0 Å². The van der Waals surface area contributed by atoms with Gasteiger partial charge < -0.3 is 4.74 Å². The molecule has 5 nitrogen and oxygen atoms in total. The van der Waals surface area contributed by atoms with Gasteiger partial charge in [-0.1, -0.05) is 19.1 Å². The van der Waals surface area contributed by atoms with Gasteiger partial charge in [-0.05, 0) is 36.6 Å². The lowest BCUT2D eigenvalue weighted by molar-refractivity contribution is 0.167. The molecular weight excluding hydrogens is 300 g/mol. The Morgan fingerprint density at radius 2 is 2.09 bits per heavy atom. The highest BCUT2D eigenvalue weighted by Crippen LogP contribution is 2.18. The molecule has 0 radical (unpaired) electrons. The Morgan fingerprint density at radius 1 is 1.32 bits per heavy atom. The van der Waals surface area contributed by atoms with Gasteiger partial charge in [0.15, 0.2) is 0 Å². The number of hydrogen-bond acceptors (Lipinski definition) is 4. The van der Waals surface area contributed by atoms with Crippen LogP contribution in [0.4, 0.5) is 0 Å². The SMILES string of the molecule is CCN(Cc1cccc(S(=O)(=O)N(C)C)c1)CC1CCOC1. The largest absolute Gasteiger partial charge is 0.381 e. The fourth-order valence-corrected chi connectivity index (χ4v) is 3.64. The van der Waals surface area contributed by atoms with Crippen molar-refractivity contribution in [1.29, 1.82) is 0 Å². The first-order chi connectivity index (χ1) is 10.4. The van der Waals surface area contributed by atoms with Crippen molar-refractivity contribution in [3.63, 3.8) is 0 Å². The Kier molecular flexibility index (Phi) is 5.97. The first kappa shape index (κ1) is 17.4. The van der Waals surface area contributed by atoms with Crippen molar-refractivity contribution in [2.45, 2.75) is 24.8 Å². The fraction of sp³-hybridized carbons (Fsp3) is 0.625. The number of benzene rings is 1. The molecule has 22 heavy (non-hydrogen) atoms. The Balaban J connectivity index is 2.08. The first-order valence-electron chi connectivity index (χ1n) is 7.75. The molecule has 1 aliphatic heterocycles. The fourth-order valence-electron chi connectivity index (χ4n) is 2.67. The highest BCUT2D eigenvalue weighted by Gasteiger charge is 2.20. The second kappa shape index (κ2) is 7.55. The molecule has 0 saturated carbocycles. The lowest BCUT2D eigenvalue weighted by Crippen LogP contribution is -2.29. The van der Waals surface area contributed by atoms with Crippen LogP contribution >= 0.6 is 0 Å². The number of rotatable bonds is 7. The van der Waals surface area contributed by atoms with E-state index in [0.717, 1.165) is 44.8 Å². The molecule has 0 spiro atoms. The molecule has 2 rings (SSSR count). The van der Waals surface area contributed by atoms with Gasteiger partial charge in [-0.2, -0.15) is 0 Å². The van der Waals surface area contributed by atoms with Crippen LogP contribution in [0.5, 0.6) is 0 Å². The van der Waals surface area contributed by atoms with Gasteiger partial charge in [-0.3, -0.25) is 4.90 Å². The van der Waals surface area contributed by atoms with Crippen molar-refractivity contribution in [3.05, 3.63) is 29.8 Å². The summed E-state index contributed by atoms with van der Waals surface area (Å²) in [4.78, 5) is 2.70. The van der Waals surface area contributed by atoms with E-state index in [-0.39, 0.29) is 0 Å². The van der Waals surface area contributed by atoms with Gasteiger partial charge in [0.1, 0.15) is 0 Å². The summed E-state index contributed by atoms with van der Waals surface area (Å²) in [6.07, 6.45) is 1.12. The summed E-state index contributed by atoms with van der Waals surface area (Å²) in [7, 11) is -0.257. The van der Waals surface area contributed by atoms with Crippen LogP contribution in [0, 0.1) is 5.92 Å². The van der Waals surface area contributed by atoms with Crippen LogP contribution in [0.15, 0.2) is 29.2 Å². The van der Waals surface area contributed by atoms with Gasteiger partial charge in [0.2, 0.25) is 10.0 Å². The molecule has 0 N–H and O–H groups in total. The number of sulfonamides is 1. The number of ether oxygens (including phenoxy) is 1. The summed E-state index contributed by atoms with van der Waals surface area (Å²) >= 11 is 0. The average molecular weight is 326 g/mol. The molecule has 0 aliphatic carbocycles. The minimum Gasteiger partial charge on any atom is -0.381 e. The topological polar surface area (TPSA) is 49.9 Å². The molecule has 1 aliphatic rings. The summed E-state index contributed by atoms with van der Waals surface area (Å²) in [5, 5.41) is 0. The van der Waals surface area contributed by atoms with Gasteiger partial charge >= 0.3 is 0 Å². The zero-order valence-electron chi connectivity index (χ0n) is 13.7. The Morgan fingerprint density at radius 3 is 2.68 bits per heavy atom. The monoisotopic (exact) mass is 326 g/mol. The zero-order valence-corrected chi connectivity index (χ0v) is 14.5. The summed E-state index contributed by atoms with van der Waals surface area (Å²) in [6, 6.07) is 7.24. The molecule has 1 unspecified atom stereocenters. The molecular formula is C16H26N2O3S. The highest BCUT2D eigenvalue weighted by atomic mass is 32.2. The van der Waals surface area contributed by atoms with E-state index in [1.807, 2.05) is 12.1 Å². The normalized spacial score (nSPS) is 19.2. The quantitative estimate of drug-likeness (QED) is 0.767. The van der Waals surface area contributed by atoms with Crippen molar-refractivity contribution in [2.75, 3.05) is 40.4 Å². The Hall–Kier alpha value is -0.950. The van der Waals surface area contributed by atoms with Gasteiger partial charge in [0, 0.05) is 33.8 Å². The number of hydrogen-bond donors (Lipinski definition) is 0. The second-order valence-electron chi connectivity index (χ2n) is 5.99. The van der Waals surface area contributed by atoms with E-state index in [1.165, 1.54) is 4.31 Å². The van der Waals surface area contributed by atoms with Gasteiger partial charge in [0.05, 0.1) is 11.5 Å². The Labute approximate surface area is 133 Å². The minimum atomic E-state index is -3.37. The molecule has 0 bridgehead atoms. The predicted molar refractivity (Wildman–Crippen MR) is 87.2 cm³/mol. The summed E-state index contributed by atoms with van der Waals surface area (Å²) in [5.41, 5.74) is 1.03. The van der Waals surface area contributed by atoms with E-state index in [2.05, 4.69) is 11.8 Å². The van der Waals surface area contributed by atoms with E-state index in [9.17, 15) is 8.42 Å². The molecule has 1 aromatic carbocycles. The maximum Gasteiger partial charge on any atom is 0.242 e. The van der Waals surface area contributed by atoms with Crippen molar-refractivity contribution in [3.8, 4) is 0 Å². The smallest absolute Gasteiger partial charge is 0.242 e. The minimum absolute atomic E-state index is 0.357. The van der Waals surface area contributed by atoms with Crippen LogP contribution in [0.2, 0.25) is 0 Å². The zero-order chi connectivity index (χ0) is 16.2. The predicted octanol–water partition coefficient (Wildman–Crippen LogP) is 1.80. The van der Waals surface area contributed by atoms with Crippen molar-refractivity contribution < 1.29 is 13.2 Å². The average Bonchev–Trinajstić information content (AvgIpc) is 2.99. The lowest BCUT2D eigenvalue weighted by atomic mass is 10.1. The van der Waals surface area contributed by atoms with E-state index in [1.54, 1.807) is 26.2 Å². The Bertz CT molecular complexity index is 581. The van der Waals surface area contributed by atoms with Crippen LogP contribution < -0.4 is 0 Å². The molecule has 0 aromatic heterocycles. The van der Waals surface area contributed by atoms with Crippen LogP contribution in [0.3, 0.4) is 0 Å². The third kappa shape index (κ3) is 4.29. The van der Waals surface area contributed by atoms with Crippen LogP contribution in [-0.4, -0.2) is 58.0 Å². The molecule has 0 amide bonds. The molecule has 1 saturated heterocycles. The van der Waals surface area contributed by atoms with E-state index >= 15 is 0 Å². The molecule has 1 aromatic rings. The van der Waals surface area contributed by atoms with Crippen molar-refractivity contribution in [2.24, 2.45) is 5.92 Å². The standard InChI is InChI=1S/C16H26N2O3S/c1-4-18(12-15-8-9-21-13-15)11-14-6-5-7-16(10-14)22(19,20)17(2)3/h5-7,10,15H,4,8-9,11-13H2,1-3H3. The van der Waals surface area contributed by atoms with Crippen LogP contribution in [0.1, 0.15) is 18.9 Å². The molecule has 6 heteroatoms.